The summed E-state index contributed by atoms with van der Waals surface area (Å²) in [6, 6.07) is 5.60. The van der Waals surface area contributed by atoms with Crippen LogP contribution in [0.5, 0.6) is 0 Å². The highest BCUT2D eigenvalue weighted by molar-refractivity contribution is 6.45. The van der Waals surface area contributed by atoms with E-state index in [2.05, 4.69) is 28.7 Å². The average Bonchev–Trinajstić information content (AvgIpc) is 3.31. The number of halogens is 2. The smallest absolute Gasteiger partial charge is 0.222 e. The van der Waals surface area contributed by atoms with Crippen LogP contribution in [0.1, 0.15) is 6.42 Å². The maximum Gasteiger partial charge on any atom is 0.222 e. The molecule has 31 heavy (non-hydrogen) atoms. The van der Waals surface area contributed by atoms with Gasteiger partial charge in [0.15, 0.2) is 0 Å². The van der Waals surface area contributed by atoms with Crippen molar-refractivity contribution >= 4 is 45.8 Å². The first-order chi connectivity index (χ1) is 14.9. The van der Waals surface area contributed by atoms with Crippen molar-refractivity contribution in [2.75, 3.05) is 25.0 Å². The first-order valence-electron chi connectivity index (χ1n) is 9.64. The Morgan fingerprint density at radius 2 is 2.13 bits per heavy atom. The molecule has 160 valence electrons. The number of pyridine rings is 1. The summed E-state index contributed by atoms with van der Waals surface area (Å²) in [5, 5.41) is 11.5. The molecule has 1 amide bonds. The van der Waals surface area contributed by atoms with Gasteiger partial charge in [-0.3, -0.25) is 9.89 Å². The first kappa shape index (κ1) is 22.6. The third-order valence-electron chi connectivity index (χ3n) is 4.82. The van der Waals surface area contributed by atoms with Crippen LogP contribution in [0.25, 0.3) is 22.0 Å². The maximum absolute atomic E-state index is 12.3. The lowest BCUT2D eigenvalue weighted by Crippen LogP contribution is -2.30. The second-order valence-corrected chi connectivity index (χ2v) is 7.69. The Morgan fingerprint density at radius 1 is 1.32 bits per heavy atom. The molecule has 0 aliphatic heterocycles. The monoisotopic (exact) mass is 455 g/mol. The van der Waals surface area contributed by atoms with Gasteiger partial charge in [0.05, 0.1) is 21.8 Å². The van der Waals surface area contributed by atoms with Crippen LogP contribution in [0, 0.1) is 0 Å². The van der Waals surface area contributed by atoms with E-state index < -0.39 is 0 Å². The molecule has 0 saturated carbocycles. The van der Waals surface area contributed by atoms with Crippen LogP contribution >= 0.6 is 23.2 Å². The standard InChI is InChI=1S/C23H23Cl2N5O/c1-4-6-15(5-2)12-26-21(31)9-10-30(3)20-11-18(16-13-27-28-14-16)17-7-8-19(24)22(25)23(17)29-20/h4-8,11,13-14H,1-2,9-10,12H2,3H3,(H,26,31)(H,27,28)/b15-6+. The zero-order chi connectivity index (χ0) is 22.4. The van der Waals surface area contributed by atoms with Crippen LogP contribution in [-0.2, 0) is 4.79 Å². The summed E-state index contributed by atoms with van der Waals surface area (Å²) in [4.78, 5) is 18.9. The summed E-state index contributed by atoms with van der Waals surface area (Å²) >= 11 is 12.7. The predicted molar refractivity (Wildman–Crippen MR) is 129 cm³/mol. The Labute approximate surface area is 191 Å². The highest BCUT2D eigenvalue weighted by atomic mass is 35.5. The van der Waals surface area contributed by atoms with Gasteiger partial charge in [0.1, 0.15) is 5.82 Å². The molecule has 0 bridgehead atoms. The van der Waals surface area contributed by atoms with E-state index in [1.807, 2.05) is 36.4 Å². The number of benzene rings is 1. The van der Waals surface area contributed by atoms with E-state index in [0.717, 1.165) is 22.1 Å². The van der Waals surface area contributed by atoms with Gasteiger partial charge in [0.2, 0.25) is 5.91 Å². The zero-order valence-electron chi connectivity index (χ0n) is 17.2. The molecule has 3 rings (SSSR count). The maximum atomic E-state index is 12.3. The van der Waals surface area contributed by atoms with Gasteiger partial charge < -0.3 is 10.2 Å². The number of carbonyl (C=O) groups excluding carboxylic acids is 1. The number of hydrogen-bond acceptors (Lipinski definition) is 4. The Bertz CT molecular complexity index is 1140. The SMILES string of the molecule is C=C/C=C(\C=C)CNC(=O)CCN(C)c1cc(-c2cn[nH]c2)c2ccc(Cl)c(Cl)c2n1. The van der Waals surface area contributed by atoms with Crippen molar-refractivity contribution in [2.24, 2.45) is 0 Å². The molecule has 6 nitrogen and oxygen atoms in total. The molecule has 0 saturated heterocycles. The summed E-state index contributed by atoms with van der Waals surface area (Å²) < 4.78 is 0. The van der Waals surface area contributed by atoms with Crippen molar-refractivity contribution in [1.82, 2.24) is 20.5 Å². The van der Waals surface area contributed by atoms with Crippen molar-refractivity contribution in [3.63, 3.8) is 0 Å². The minimum atomic E-state index is -0.0689. The van der Waals surface area contributed by atoms with Gasteiger partial charge in [-0.15, -0.1) is 0 Å². The summed E-state index contributed by atoms with van der Waals surface area (Å²) in [7, 11) is 1.88. The van der Waals surface area contributed by atoms with Gasteiger partial charge in [0.25, 0.3) is 0 Å². The van der Waals surface area contributed by atoms with Crippen molar-refractivity contribution in [3.8, 4) is 11.1 Å². The highest BCUT2D eigenvalue weighted by Gasteiger charge is 2.16. The Balaban J connectivity index is 1.81. The lowest BCUT2D eigenvalue weighted by Gasteiger charge is -2.20. The molecular weight excluding hydrogens is 433 g/mol. The van der Waals surface area contributed by atoms with Crippen LogP contribution in [0.15, 0.2) is 67.6 Å². The van der Waals surface area contributed by atoms with E-state index in [0.29, 0.717) is 40.9 Å². The fourth-order valence-electron chi connectivity index (χ4n) is 3.08. The van der Waals surface area contributed by atoms with Crippen LogP contribution < -0.4 is 10.2 Å². The fourth-order valence-corrected chi connectivity index (χ4v) is 3.44. The van der Waals surface area contributed by atoms with Crippen molar-refractivity contribution in [3.05, 3.63) is 77.6 Å². The van der Waals surface area contributed by atoms with Crippen LogP contribution in [0.2, 0.25) is 10.0 Å². The van der Waals surface area contributed by atoms with Crippen LogP contribution in [-0.4, -0.2) is 41.2 Å². The van der Waals surface area contributed by atoms with Crippen molar-refractivity contribution < 1.29 is 4.79 Å². The number of fused-ring (bicyclic) bond motifs is 1. The van der Waals surface area contributed by atoms with Crippen molar-refractivity contribution in [2.45, 2.75) is 6.42 Å². The summed E-state index contributed by atoms with van der Waals surface area (Å²) in [6.45, 7) is 8.26. The predicted octanol–water partition coefficient (Wildman–Crippen LogP) is 5.17. The lowest BCUT2D eigenvalue weighted by atomic mass is 10.0. The minimum absolute atomic E-state index is 0.0689. The second-order valence-electron chi connectivity index (χ2n) is 6.90. The number of nitrogens with zero attached hydrogens (tertiary/aromatic N) is 3. The van der Waals surface area contributed by atoms with Crippen LogP contribution in [0.3, 0.4) is 0 Å². The summed E-state index contributed by atoms with van der Waals surface area (Å²) in [5.41, 5.74) is 3.33. The third-order valence-corrected chi connectivity index (χ3v) is 5.61. The number of carbonyl (C=O) groups is 1. The average molecular weight is 456 g/mol. The normalized spacial score (nSPS) is 11.4. The first-order valence-corrected chi connectivity index (χ1v) is 10.4. The highest BCUT2D eigenvalue weighted by Crippen LogP contribution is 2.37. The second kappa shape index (κ2) is 10.3. The topological polar surface area (TPSA) is 73.9 Å². The molecule has 0 atom stereocenters. The molecule has 2 heterocycles. The summed E-state index contributed by atoms with van der Waals surface area (Å²) in [6.07, 6.45) is 9.02. The third kappa shape index (κ3) is 5.34. The largest absolute Gasteiger partial charge is 0.359 e. The number of nitrogens with one attached hydrogen (secondary N) is 2. The zero-order valence-corrected chi connectivity index (χ0v) is 18.7. The van der Waals surface area contributed by atoms with Gasteiger partial charge in [-0.2, -0.15) is 5.10 Å². The van der Waals surface area contributed by atoms with Gasteiger partial charge in [-0.05, 0) is 23.3 Å². The Hall–Kier alpha value is -3.09. The number of H-pyrrole nitrogens is 1. The fraction of sp³-hybridized carbons (Fsp3) is 0.174. The molecule has 0 fully saturated rings. The molecule has 3 aromatic rings. The molecule has 0 radical (unpaired) electrons. The van der Waals surface area contributed by atoms with E-state index in [1.165, 1.54) is 0 Å². The Morgan fingerprint density at radius 3 is 2.81 bits per heavy atom. The molecule has 8 heteroatoms. The van der Waals surface area contributed by atoms with Gasteiger partial charge in [-0.25, -0.2) is 4.98 Å². The number of hydrogen-bond donors (Lipinski definition) is 2. The minimum Gasteiger partial charge on any atom is -0.359 e. The molecule has 2 N–H and O–H groups in total. The van der Waals surface area contributed by atoms with Crippen LogP contribution in [0.4, 0.5) is 5.82 Å². The molecule has 1 aromatic carbocycles. The molecule has 0 spiro atoms. The van der Waals surface area contributed by atoms with Gasteiger partial charge >= 0.3 is 0 Å². The molecule has 0 aliphatic carbocycles. The molecular formula is C23H23Cl2N5O. The summed E-state index contributed by atoms with van der Waals surface area (Å²) in [5.74, 6) is 0.611. The molecule has 2 aromatic heterocycles. The number of amides is 1. The van der Waals surface area contributed by atoms with E-state index in [1.54, 1.807) is 24.4 Å². The number of aromatic nitrogens is 3. The molecule has 0 unspecified atom stereocenters. The quantitative estimate of drug-likeness (QED) is 0.436. The molecule has 0 aliphatic rings. The number of rotatable bonds is 9. The van der Waals surface area contributed by atoms with Gasteiger partial charge in [-0.1, -0.05) is 60.7 Å². The number of aromatic amines is 1. The van der Waals surface area contributed by atoms with Crippen molar-refractivity contribution in [1.29, 1.82) is 0 Å². The lowest BCUT2D eigenvalue weighted by molar-refractivity contribution is -0.120. The van der Waals surface area contributed by atoms with E-state index in [-0.39, 0.29) is 5.91 Å². The Kier molecular flexibility index (Phi) is 7.50. The number of allylic oxidation sites excluding steroid dienone is 2. The number of anilines is 1. The van der Waals surface area contributed by atoms with E-state index >= 15 is 0 Å². The van der Waals surface area contributed by atoms with E-state index in [9.17, 15) is 4.79 Å². The van der Waals surface area contributed by atoms with Gasteiger partial charge in [0, 0.05) is 43.7 Å². The van der Waals surface area contributed by atoms with E-state index in [4.69, 9.17) is 28.2 Å².